The Morgan fingerprint density at radius 2 is 2.12 bits per heavy atom. The number of nitrogens with two attached hydrogens (primary N) is 1. The minimum absolute atomic E-state index is 0. The first kappa shape index (κ1) is 15.5. The lowest BCUT2D eigenvalue weighted by Gasteiger charge is -2.10. The number of rotatable bonds is 6. The van der Waals surface area contributed by atoms with Crippen LogP contribution in [0.5, 0.6) is 11.5 Å². The average molecular weight is 262 g/mol. The summed E-state index contributed by atoms with van der Waals surface area (Å²) in [6, 6.07) is 5.04. The third-order valence-corrected chi connectivity index (χ3v) is 1.96. The molecule has 1 aromatic rings. The lowest BCUT2D eigenvalue weighted by molar-refractivity contribution is -0.136. The van der Waals surface area contributed by atoms with Gasteiger partial charge in [-0.3, -0.25) is 4.79 Å². The molecule has 0 amide bonds. The van der Waals surface area contributed by atoms with Crippen LogP contribution in [0, 0.1) is 0 Å². The summed E-state index contributed by atoms with van der Waals surface area (Å²) in [6.07, 6.45) is -0.0342. The molecule has 0 unspecified atom stereocenters. The van der Waals surface area contributed by atoms with Gasteiger partial charge < -0.3 is 20.3 Å². The van der Waals surface area contributed by atoms with Crippen LogP contribution in [0.2, 0.25) is 0 Å². The van der Waals surface area contributed by atoms with Gasteiger partial charge >= 0.3 is 5.97 Å². The van der Waals surface area contributed by atoms with Crippen LogP contribution in [0.15, 0.2) is 18.2 Å². The first-order valence-corrected chi connectivity index (χ1v) is 4.89. The van der Waals surface area contributed by atoms with Gasteiger partial charge in [0.05, 0.1) is 13.5 Å². The van der Waals surface area contributed by atoms with E-state index in [2.05, 4.69) is 0 Å². The maximum atomic E-state index is 10.5. The van der Waals surface area contributed by atoms with E-state index in [4.69, 9.17) is 20.3 Å². The summed E-state index contributed by atoms with van der Waals surface area (Å²) in [4.78, 5) is 10.5. The zero-order valence-corrected chi connectivity index (χ0v) is 10.3. The van der Waals surface area contributed by atoms with E-state index in [1.54, 1.807) is 18.2 Å². The Bertz CT molecular complexity index is 370. The Labute approximate surface area is 106 Å². The second kappa shape index (κ2) is 7.76. The van der Waals surface area contributed by atoms with E-state index in [0.717, 1.165) is 0 Å². The summed E-state index contributed by atoms with van der Waals surface area (Å²) >= 11 is 0. The van der Waals surface area contributed by atoms with Gasteiger partial charge in [-0.05, 0) is 17.7 Å². The van der Waals surface area contributed by atoms with Crippen LogP contribution >= 0.6 is 12.4 Å². The van der Waals surface area contributed by atoms with E-state index in [0.29, 0.717) is 30.2 Å². The zero-order chi connectivity index (χ0) is 12.0. The molecule has 0 aliphatic rings. The zero-order valence-electron chi connectivity index (χ0n) is 9.51. The number of hydrogen-bond acceptors (Lipinski definition) is 4. The highest BCUT2D eigenvalue weighted by Crippen LogP contribution is 2.28. The molecule has 1 rings (SSSR count). The summed E-state index contributed by atoms with van der Waals surface area (Å²) in [5.74, 6) is 0.215. The van der Waals surface area contributed by atoms with E-state index in [1.165, 1.54) is 7.11 Å². The highest BCUT2D eigenvalue weighted by molar-refractivity contribution is 5.85. The van der Waals surface area contributed by atoms with Crippen LogP contribution in [-0.2, 0) is 11.2 Å². The van der Waals surface area contributed by atoms with E-state index in [9.17, 15) is 4.79 Å². The summed E-state index contributed by atoms with van der Waals surface area (Å²) < 4.78 is 10.4. The topological polar surface area (TPSA) is 81.8 Å². The maximum Gasteiger partial charge on any atom is 0.307 e. The minimum Gasteiger partial charge on any atom is -0.493 e. The number of benzene rings is 1. The normalized spacial score (nSPS) is 9.29. The number of carbonyl (C=O) groups is 1. The monoisotopic (exact) mass is 261 g/mol. The van der Waals surface area contributed by atoms with Gasteiger partial charge in [-0.2, -0.15) is 0 Å². The molecule has 6 heteroatoms. The van der Waals surface area contributed by atoms with E-state index < -0.39 is 5.97 Å². The van der Waals surface area contributed by atoms with Crippen molar-refractivity contribution in [3.05, 3.63) is 23.8 Å². The summed E-state index contributed by atoms with van der Waals surface area (Å²) in [6.45, 7) is 0.814. The highest BCUT2D eigenvalue weighted by atomic mass is 35.5. The summed E-state index contributed by atoms with van der Waals surface area (Å²) in [5.41, 5.74) is 5.99. The molecule has 0 saturated heterocycles. The van der Waals surface area contributed by atoms with E-state index in [-0.39, 0.29) is 18.8 Å². The molecule has 0 heterocycles. The predicted molar refractivity (Wildman–Crippen MR) is 66.1 cm³/mol. The fraction of sp³-hybridized carbons (Fsp3) is 0.364. The van der Waals surface area contributed by atoms with Crippen LogP contribution in [-0.4, -0.2) is 31.3 Å². The van der Waals surface area contributed by atoms with E-state index in [1.807, 2.05) is 0 Å². The van der Waals surface area contributed by atoms with Crippen molar-refractivity contribution in [2.24, 2.45) is 5.73 Å². The molecule has 0 atom stereocenters. The molecule has 96 valence electrons. The fourth-order valence-corrected chi connectivity index (χ4v) is 1.28. The molecule has 1 aromatic carbocycles. The molecular formula is C11H16ClNO4. The Balaban J connectivity index is 0.00000256. The number of carboxylic acids is 1. The number of carboxylic acid groups (broad SMARTS) is 1. The maximum absolute atomic E-state index is 10.5. The first-order chi connectivity index (χ1) is 7.67. The van der Waals surface area contributed by atoms with Crippen molar-refractivity contribution >= 4 is 18.4 Å². The van der Waals surface area contributed by atoms with Crippen molar-refractivity contribution < 1.29 is 19.4 Å². The van der Waals surface area contributed by atoms with Crippen LogP contribution in [0.3, 0.4) is 0 Å². The molecular weight excluding hydrogens is 246 g/mol. The van der Waals surface area contributed by atoms with Crippen LogP contribution in [0.25, 0.3) is 0 Å². The molecule has 0 fully saturated rings. The quantitative estimate of drug-likeness (QED) is 0.801. The second-order valence-corrected chi connectivity index (χ2v) is 3.19. The average Bonchev–Trinajstić information content (AvgIpc) is 2.26. The lowest BCUT2D eigenvalue weighted by Crippen LogP contribution is -2.11. The van der Waals surface area contributed by atoms with Gasteiger partial charge in [0.2, 0.25) is 0 Å². The van der Waals surface area contributed by atoms with Gasteiger partial charge in [-0.15, -0.1) is 12.4 Å². The summed E-state index contributed by atoms with van der Waals surface area (Å²) in [7, 11) is 1.51. The minimum atomic E-state index is -0.877. The number of hydrogen-bond donors (Lipinski definition) is 2. The molecule has 5 nitrogen and oxygen atoms in total. The van der Waals surface area contributed by atoms with Gasteiger partial charge in [-0.25, -0.2) is 0 Å². The molecule has 3 N–H and O–H groups in total. The van der Waals surface area contributed by atoms with Gasteiger partial charge in [0.1, 0.15) is 6.61 Å². The van der Waals surface area contributed by atoms with Gasteiger partial charge in [0.15, 0.2) is 11.5 Å². The van der Waals surface area contributed by atoms with Crippen molar-refractivity contribution in [3.8, 4) is 11.5 Å². The van der Waals surface area contributed by atoms with Crippen LogP contribution < -0.4 is 15.2 Å². The van der Waals surface area contributed by atoms with Crippen LogP contribution in [0.1, 0.15) is 5.56 Å². The molecule has 0 bridgehead atoms. The van der Waals surface area contributed by atoms with Crippen molar-refractivity contribution in [2.75, 3.05) is 20.3 Å². The Hall–Kier alpha value is -1.46. The van der Waals surface area contributed by atoms with Crippen molar-refractivity contribution in [2.45, 2.75) is 6.42 Å². The molecule has 0 saturated carbocycles. The molecule has 0 aliphatic heterocycles. The Morgan fingerprint density at radius 3 is 2.65 bits per heavy atom. The Kier molecular flexibility index (Phi) is 7.09. The molecule has 0 aromatic heterocycles. The number of aliphatic carboxylic acids is 1. The molecule has 0 spiro atoms. The Morgan fingerprint density at radius 1 is 1.41 bits per heavy atom. The van der Waals surface area contributed by atoms with Gasteiger partial charge in [0, 0.05) is 6.54 Å². The number of ether oxygens (including phenoxy) is 2. The van der Waals surface area contributed by atoms with E-state index >= 15 is 0 Å². The number of methoxy groups -OCH3 is 1. The summed E-state index contributed by atoms with van der Waals surface area (Å²) in [5, 5.41) is 8.65. The van der Waals surface area contributed by atoms with Crippen LogP contribution in [0.4, 0.5) is 0 Å². The highest BCUT2D eigenvalue weighted by Gasteiger charge is 2.07. The molecule has 0 aliphatic carbocycles. The largest absolute Gasteiger partial charge is 0.493 e. The predicted octanol–water partition coefficient (Wildman–Crippen LogP) is 1.08. The lowest BCUT2D eigenvalue weighted by atomic mass is 10.1. The van der Waals surface area contributed by atoms with Gasteiger partial charge in [0.25, 0.3) is 0 Å². The third kappa shape index (κ3) is 4.93. The fourth-order valence-electron chi connectivity index (χ4n) is 1.28. The van der Waals surface area contributed by atoms with Crippen molar-refractivity contribution in [3.63, 3.8) is 0 Å². The second-order valence-electron chi connectivity index (χ2n) is 3.19. The first-order valence-electron chi connectivity index (χ1n) is 4.89. The SMILES string of the molecule is COc1cc(CC(=O)O)ccc1OCCN.Cl. The smallest absolute Gasteiger partial charge is 0.307 e. The molecule has 0 radical (unpaired) electrons. The number of halogens is 1. The van der Waals surface area contributed by atoms with Crippen molar-refractivity contribution in [1.29, 1.82) is 0 Å². The molecule has 17 heavy (non-hydrogen) atoms. The van der Waals surface area contributed by atoms with Crippen molar-refractivity contribution in [1.82, 2.24) is 0 Å². The standard InChI is InChI=1S/C11H15NO4.ClH/c1-15-10-6-8(7-11(13)14)2-3-9(10)16-5-4-12;/h2-3,6H,4-5,7,12H2,1H3,(H,13,14);1H. The third-order valence-electron chi connectivity index (χ3n) is 1.96. The van der Waals surface area contributed by atoms with Gasteiger partial charge in [-0.1, -0.05) is 6.07 Å².